The van der Waals surface area contributed by atoms with Gasteiger partial charge in [-0.1, -0.05) is 26.2 Å². The van der Waals surface area contributed by atoms with Crippen molar-refractivity contribution in [3.63, 3.8) is 0 Å². The van der Waals surface area contributed by atoms with Crippen LogP contribution in [0.4, 0.5) is 0 Å². The predicted molar refractivity (Wildman–Crippen MR) is 174 cm³/mol. The summed E-state index contributed by atoms with van der Waals surface area (Å²) in [5, 5.41) is 0. The van der Waals surface area contributed by atoms with Gasteiger partial charge in [-0.05, 0) is 0 Å². The van der Waals surface area contributed by atoms with Gasteiger partial charge in [0.25, 0.3) is 0 Å². The second-order valence-electron chi connectivity index (χ2n) is 11.8. The standard InChI is InChI=1S/C37H55P/c1-2-3-4-5-6-7-8-9-10-11-12-13-14-24-31-38(32-35-25-18-15-19-26-35,33-36-27-20-16-21-28-36)34-37-29-22-17-23-30-37/h15-23,25-30,38H,2-14,24,31-34H2,1H3. The zero-order valence-electron chi connectivity index (χ0n) is 24.4. The summed E-state index contributed by atoms with van der Waals surface area (Å²) in [6.07, 6.45) is 25.4. The van der Waals surface area contributed by atoms with E-state index in [2.05, 4.69) is 97.9 Å². The van der Waals surface area contributed by atoms with Crippen LogP contribution < -0.4 is 0 Å². The van der Waals surface area contributed by atoms with E-state index in [4.69, 9.17) is 0 Å². The van der Waals surface area contributed by atoms with Crippen LogP contribution in [0, 0.1) is 0 Å². The molecule has 208 valence electrons. The maximum absolute atomic E-state index is 2.36. The van der Waals surface area contributed by atoms with Crippen LogP contribution in [0.25, 0.3) is 0 Å². The first-order chi connectivity index (χ1) is 18.8. The summed E-state index contributed by atoms with van der Waals surface area (Å²) in [7, 11) is -1.62. The first-order valence-corrected chi connectivity index (χ1v) is 18.7. The minimum atomic E-state index is -1.62. The Hall–Kier alpha value is -1.91. The molecule has 38 heavy (non-hydrogen) atoms. The molecular formula is C37H55P. The van der Waals surface area contributed by atoms with E-state index in [-0.39, 0.29) is 0 Å². The van der Waals surface area contributed by atoms with Crippen molar-refractivity contribution in [2.45, 2.75) is 115 Å². The van der Waals surface area contributed by atoms with Gasteiger partial charge >= 0.3 is 210 Å². The number of unbranched alkanes of at least 4 members (excludes halogenated alkanes) is 13. The first-order valence-electron chi connectivity index (χ1n) is 15.9. The molecule has 3 aromatic rings. The zero-order chi connectivity index (χ0) is 26.6. The quantitative estimate of drug-likeness (QED) is 0.0949. The molecule has 3 aromatic carbocycles. The molecule has 0 bridgehead atoms. The molecule has 0 saturated carbocycles. The fourth-order valence-electron chi connectivity index (χ4n) is 6.23. The summed E-state index contributed by atoms with van der Waals surface area (Å²) in [5.41, 5.74) is 4.61. The zero-order valence-corrected chi connectivity index (χ0v) is 25.4. The molecule has 0 saturated heterocycles. The molecule has 0 heterocycles. The van der Waals surface area contributed by atoms with Gasteiger partial charge in [0.05, 0.1) is 0 Å². The van der Waals surface area contributed by atoms with Crippen LogP contribution in [0.1, 0.15) is 114 Å². The van der Waals surface area contributed by atoms with Gasteiger partial charge in [-0.25, -0.2) is 0 Å². The van der Waals surface area contributed by atoms with Gasteiger partial charge in [0.1, 0.15) is 0 Å². The Kier molecular flexibility index (Phi) is 15.5. The summed E-state index contributed by atoms with van der Waals surface area (Å²) < 4.78 is 0. The van der Waals surface area contributed by atoms with Crippen molar-refractivity contribution in [1.82, 2.24) is 0 Å². The van der Waals surface area contributed by atoms with Crippen LogP contribution in [0.5, 0.6) is 0 Å². The molecule has 0 unspecified atom stereocenters. The Bertz CT molecular complexity index is 833. The first kappa shape index (κ1) is 30.6. The summed E-state index contributed by atoms with van der Waals surface area (Å²) in [5.74, 6) is 0. The Balaban J connectivity index is 1.49. The summed E-state index contributed by atoms with van der Waals surface area (Å²) in [4.78, 5) is 0. The Morgan fingerprint density at radius 2 is 0.658 bits per heavy atom. The number of hydrogen-bond donors (Lipinski definition) is 0. The third-order valence-electron chi connectivity index (χ3n) is 8.33. The molecule has 0 aliphatic rings. The van der Waals surface area contributed by atoms with E-state index >= 15 is 0 Å². The molecule has 0 amide bonds. The van der Waals surface area contributed by atoms with Crippen molar-refractivity contribution in [2.75, 3.05) is 6.16 Å². The van der Waals surface area contributed by atoms with E-state index in [1.54, 1.807) is 0 Å². The Morgan fingerprint density at radius 3 is 0.974 bits per heavy atom. The SMILES string of the molecule is CCCCCCCCCCCCCCCC[PH](Cc1ccccc1)(Cc1ccccc1)Cc1ccccc1. The van der Waals surface area contributed by atoms with Crippen LogP contribution in [0.3, 0.4) is 0 Å². The topological polar surface area (TPSA) is 0 Å². The summed E-state index contributed by atoms with van der Waals surface area (Å²) >= 11 is 0. The van der Waals surface area contributed by atoms with Crippen LogP contribution >= 0.6 is 7.26 Å². The number of benzene rings is 3. The molecule has 0 radical (unpaired) electrons. The molecule has 3 rings (SSSR count). The van der Waals surface area contributed by atoms with Crippen molar-refractivity contribution in [3.8, 4) is 0 Å². The maximum atomic E-state index is 2.36. The van der Waals surface area contributed by atoms with Gasteiger partial charge < -0.3 is 0 Å². The van der Waals surface area contributed by atoms with Gasteiger partial charge in [-0.2, -0.15) is 0 Å². The molecule has 0 aromatic heterocycles. The molecule has 0 N–H and O–H groups in total. The Labute approximate surface area is 236 Å². The van der Waals surface area contributed by atoms with E-state index in [0.717, 1.165) is 0 Å². The molecule has 0 fully saturated rings. The second kappa shape index (κ2) is 19.2. The average Bonchev–Trinajstić information content (AvgIpc) is 2.95. The molecule has 0 nitrogen and oxygen atoms in total. The van der Waals surface area contributed by atoms with E-state index in [1.807, 2.05) is 0 Å². The fraction of sp³-hybridized carbons (Fsp3) is 0.514. The van der Waals surface area contributed by atoms with Crippen molar-refractivity contribution >= 4 is 7.26 Å². The van der Waals surface area contributed by atoms with Gasteiger partial charge in [-0.3, -0.25) is 0 Å². The average molecular weight is 531 g/mol. The van der Waals surface area contributed by atoms with Gasteiger partial charge in [-0.15, -0.1) is 0 Å². The normalized spacial score (nSPS) is 12.0. The van der Waals surface area contributed by atoms with Crippen molar-refractivity contribution in [1.29, 1.82) is 0 Å². The van der Waals surface area contributed by atoms with E-state index in [1.165, 1.54) is 131 Å². The fourth-order valence-corrected chi connectivity index (χ4v) is 11.4. The molecule has 0 spiro atoms. The molecule has 0 aliphatic heterocycles. The van der Waals surface area contributed by atoms with E-state index < -0.39 is 7.26 Å². The molecular weight excluding hydrogens is 475 g/mol. The van der Waals surface area contributed by atoms with E-state index in [0.29, 0.717) is 0 Å². The number of hydrogen-bond acceptors (Lipinski definition) is 0. The van der Waals surface area contributed by atoms with Gasteiger partial charge in [0.2, 0.25) is 0 Å². The van der Waals surface area contributed by atoms with Crippen LogP contribution in [-0.4, -0.2) is 6.16 Å². The molecule has 0 aliphatic carbocycles. The van der Waals surface area contributed by atoms with Crippen LogP contribution in [0.2, 0.25) is 0 Å². The third-order valence-corrected chi connectivity index (χ3v) is 13.2. The summed E-state index contributed by atoms with van der Waals surface area (Å²) in [6.45, 7) is 2.30. The van der Waals surface area contributed by atoms with Gasteiger partial charge in [0.15, 0.2) is 0 Å². The molecule has 1 heteroatoms. The monoisotopic (exact) mass is 530 g/mol. The predicted octanol–water partition coefficient (Wildman–Crippen LogP) is 11.8. The Morgan fingerprint density at radius 1 is 0.368 bits per heavy atom. The van der Waals surface area contributed by atoms with Crippen molar-refractivity contribution < 1.29 is 0 Å². The van der Waals surface area contributed by atoms with Crippen molar-refractivity contribution in [2.24, 2.45) is 0 Å². The summed E-state index contributed by atoms with van der Waals surface area (Å²) in [6, 6.07) is 34.0. The van der Waals surface area contributed by atoms with Crippen LogP contribution in [-0.2, 0) is 18.5 Å². The number of rotatable bonds is 21. The van der Waals surface area contributed by atoms with Gasteiger partial charge in [0, 0.05) is 0 Å². The second-order valence-corrected chi connectivity index (χ2v) is 16.4. The third kappa shape index (κ3) is 12.8. The van der Waals surface area contributed by atoms with Crippen molar-refractivity contribution in [3.05, 3.63) is 108 Å². The van der Waals surface area contributed by atoms with Crippen LogP contribution in [0.15, 0.2) is 91.0 Å². The minimum absolute atomic E-state index is 1.29. The molecule has 0 atom stereocenters. The van der Waals surface area contributed by atoms with E-state index in [9.17, 15) is 0 Å².